The molecule has 0 saturated heterocycles. The van der Waals surface area contributed by atoms with E-state index in [2.05, 4.69) is 12.2 Å². The van der Waals surface area contributed by atoms with Crippen molar-refractivity contribution in [3.05, 3.63) is 4.88 Å². The first kappa shape index (κ1) is 16.3. The lowest BCUT2D eigenvalue weighted by atomic mass is 10.2. The lowest BCUT2D eigenvalue weighted by molar-refractivity contribution is 0.102. The first-order chi connectivity index (χ1) is 9.81. The van der Waals surface area contributed by atoms with Crippen molar-refractivity contribution in [2.24, 2.45) is 5.92 Å². The number of carbonyl (C=O) groups is 1. The molecule has 0 spiro atoms. The number of rotatable bonds is 7. The molecule has 0 amide bonds. The molecule has 1 aromatic heterocycles. The summed E-state index contributed by atoms with van der Waals surface area (Å²) >= 11 is 1.16. The second-order valence-corrected chi connectivity index (χ2v) is 8.73. The summed E-state index contributed by atoms with van der Waals surface area (Å²) in [6.45, 7) is 5.13. The molecule has 2 rings (SSSR count). The summed E-state index contributed by atoms with van der Waals surface area (Å²) in [5.74, 6) is 0.374. The number of ketones is 1. The summed E-state index contributed by atoms with van der Waals surface area (Å²) in [7, 11) is -3.45. The van der Waals surface area contributed by atoms with Crippen LogP contribution in [0.2, 0.25) is 0 Å². The summed E-state index contributed by atoms with van der Waals surface area (Å²) in [4.78, 5) is 12.1. The van der Waals surface area contributed by atoms with Crippen LogP contribution in [0.25, 0.3) is 0 Å². The number of hydrogen-bond donors (Lipinski definition) is 2. The van der Waals surface area contributed by atoms with Crippen LogP contribution in [0.1, 0.15) is 49.7 Å². The molecule has 0 aromatic carbocycles. The van der Waals surface area contributed by atoms with Crippen molar-refractivity contribution in [2.45, 2.75) is 51.0 Å². The molecule has 0 bridgehead atoms. The summed E-state index contributed by atoms with van der Waals surface area (Å²) < 4.78 is 24.5. The Morgan fingerprint density at radius 1 is 1.43 bits per heavy atom. The number of nitrogen functional groups attached to an aromatic ring is 1. The molecule has 5 nitrogen and oxygen atoms in total. The summed E-state index contributed by atoms with van der Waals surface area (Å²) in [6.07, 6.45) is 3.30. The largest absolute Gasteiger partial charge is 0.396 e. The lowest BCUT2D eigenvalue weighted by Crippen LogP contribution is -2.11. The van der Waals surface area contributed by atoms with Gasteiger partial charge in [-0.2, -0.15) is 0 Å². The topological polar surface area (TPSA) is 89.3 Å². The van der Waals surface area contributed by atoms with Gasteiger partial charge in [-0.15, -0.1) is 11.3 Å². The van der Waals surface area contributed by atoms with Gasteiger partial charge >= 0.3 is 0 Å². The molecule has 7 heteroatoms. The summed E-state index contributed by atoms with van der Waals surface area (Å²) in [5, 5.41) is 3.81. The van der Waals surface area contributed by atoms with Gasteiger partial charge < -0.3 is 11.1 Å². The Labute approximate surface area is 129 Å². The number of carbonyl (C=O) groups excluding carboxylic acids is 1. The quantitative estimate of drug-likeness (QED) is 0.750. The number of nitrogens with one attached hydrogen (secondary N) is 1. The van der Waals surface area contributed by atoms with Crippen molar-refractivity contribution in [1.82, 2.24) is 0 Å². The molecule has 1 fully saturated rings. The van der Waals surface area contributed by atoms with Crippen molar-refractivity contribution in [2.75, 3.05) is 16.8 Å². The molecule has 0 radical (unpaired) electrons. The maximum Gasteiger partial charge on any atom is 0.183 e. The van der Waals surface area contributed by atoms with Crippen LogP contribution in [0, 0.1) is 5.92 Å². The zero-order chi connectivity index (χ0) is 15.8. The van der Waals surface area contributed by atoms with E-state index in [1.807, 2.05) is 0 Å². The predicted molar refractivity (Wildman–Crippen MR) is 86.9 cm³/mol. The van der Waals surface area contributed by atoms with Crippen molar-refractivity contribution in [3.8, 4) is 0 Å². The van der Waals surface area contributed by atoms with Crippen LogP contribution in [-0.4, -0.2) is 26.0 Å². The van der Waals surface area contributed by atoms with Crippen LogP contribution in [-0.2, 0) is 9.84 Å². The lowest BCUT2D eigenvalue weighted by Gasteiger charge is -2.07. The van der Waals surface area contributed by atoms with Gasteiger partial charge in [-0.05, 0) is 18.8 Å². The van der Waals surface area contributed by atoms with E-state index in [9.17, 15) is 13.2 Å². The van der Waals surface area contributed by atoms with Crippen molar-refractivity contribution in [1.29, 1.82) is 0 Å². The summed E-state index contributed by atoms with van der Waals surface area (Å²) in [6, 6.07) is 0.300. The average molecular weight is 330 g/mol. The first-order valence-electron chi connectivity index (χ1n) is 7.24. The van der Waals surface area contributed by atoms with Gasteiger partial charge in [-0.3, -0.25) is 4.79 Å². The van der Waals surface area contributed by atoms with E-state index in [-0.39, 0.29) is 22.1 Å². The van der Waals surface area contributed by atoms with Crippen molar-refractivity contribution >= 4 is 37.6 Å². The van der Waals surface area contributed by atoms with Crippen molar-refractivity contribution < 1.29 is 13.2 Å². The van der Waals surface area contributed by atoms with Gasteiger partial charge in [0.05, 0.1) is 16.3 Å². The minimum atomic E-state index is -3.45. The molecule has 21 heavy (non-hydrogen) atoms. The maximum absolute atomic E-state index is 12.3. The van der Waals surface area contributed by atoms with Crippen LogP contribution in [0.3, 0.4) is 0 Å². The van der Waals surface area contributed by atoms with E-state index >= 15 is 0 Å². The Morgan fingerprint density at radius 3 is 2.62 bits per heavy atom. The van der Waals surface area contributed by atoms with E-state index in [1.165, 1.54) is 6.92 Å². The highest BCUT2D eigenvalue weighted by Gasteiger charge is 2.38. The molecule has 118 valence electrons. The number of thiophene rings is 1. The Bertz CT molecular complexity index is 649. The molecule has 2 atom stereocenters. The van der Waals surface area contributed by atoms with Gasteiger partial charge in [0.25, 0.3) is 0 Å². The number of Topliss-reactive ketones (excluding diaryl/α,β-unsaturated/α-hetero) is 1. The normalized spacial score (nSPS) is 21.3. The number of hydrogen-bond acceptors (Lipinski definition) is 6. The molecule has 0 aliphatic heterocycles. The fourth-order valence-electron chi connectivity index (χ4n) is 2.52. The zero-order valence-electron chi connectivity index (χ0n) is 12.6. The van der Waals surface area contributed by atoms with Crippen LogP contribution in [0.15, 0.2) is 4.90 Å². The highest BCUT2D eigenvalue weighted by atomic mass is 32.2. The molecular weight excluding hydrogens is 308 g/mol. The van der Waals surface area contributed by atoms with Gasteiger partial charge in [0.15, 0.2) is 15.6 Å². The molecule has 2 unspecified atom stereocenters. The molecule has 1 aliphatic rings. The van der Waals surface area contributed by atoms with Crippen LogP contribution in [0.5, 0.6) is 0 Å². The van der Waals surface area contributed by atoms with Crippen LogP contribution < -0.4 is 11.1 Å². The number of anilines is 2. The second kappa shape index (κ2) is 5.96. The summed E-state index contributed by atoms with van der Waals surface area (Å²) in [5.41, 5.74) is 6.03. The molecule has 1 aromatic rings. The van der Waals surface area contributed by atoms with Gasteiger partial charge in [0.1, 0.15) is 9.90 Å². The van der Waals surface area contributed by atoms with E-state index in [1.54, 1.807) is 6.92 Å². The van der Waals surface area contributed by atoms with Gasteiger partial charge in [-0.1, -0.05) is 20.3 Å². The third kappa shape index (κ3) is 3.23. The SMILES string of the molecule is CCCC1CC1Nc1sc(C(C)=O)c(N)c1S(=O)(=O)CC. The van der Waals surface area contributed by atoms with Gasteiger partial charge in [-0.25, -0.2) is 8.42 Å². The van der Waals surface area contributed by atoms with E-state index in [4.69, 9.17) is 5.73 Å². The molecule has 1 heterocycles. The minimum Gasteiger partial charge on any atom is -0.396 e. The Balaban J connectivity index is 2.36. The minimum absolute atomic E-state index is 0.0248. The fourth-order valence-corrected chi connectivity index (χ4v) is 5.13. The Hall–Kier alpha value is -1.08. The smallest absolute Gasteiger partial charge is 0.183 e. The van der Waals surface area contributed by atoms with E-state index in [0.29, 0.717) is 21.8 Å². The molecule has 3 N–H and O–H groups in total. The highest BCUT2D eigenvalue weighted by Crippen LogP contribution is 2.44. The van der Waals surface area contributed by atoms with Gasteiger partial charge in [0.2, 0.25) is 0 Å². The molecule has 1 aliphatic carbocycles. The average Bonchev–Trinajstić information content (AvgIpc) is 3.03. The van der Waals surface area contributed by atoms with Crippen molar-refractivity contribution in [3.63, 3.8) is 0 Å². The van der Waals surface area contributed by atoms with Crippen LogP contribution in [0.4, 0.5) is 10.7 Å². The monoisotopic (exact) mass is 330 g/mol. The molecule has 1 saturated carbocycles. The van der Waals surface area contributed by atoms with E-state index < -0.39 is 9.84 Å². The van der Waals surface area contributed by atoms with E-state index in [0.717, 1.165) is 30.6 Å². The Morgan fingerprint density at radius 2 is 2.10 bits per heavy atom. The second-order valence-electron chi connectivity index (χ2n) is 5.50. The predicted octanol–water partition coefficient (Wildman–Crippen LogP) is 2.93. The standard InChI is InChI=1S/C14H22N2O3S2/c1-4-6-9-7-10(9)16-14-13(21(18,19)5-2)11(15)12(20-14)8(3)17/h9-10,16H,4-7,15H2,1-3H3. The third-order valence-electron chi connectivity index (χ3n) is 3.81. The highest BCUT2D eigenvalue weighted by molar-refractivity contribution is 7.92. The maximum atomic E-state index is 12.3. The fraction of sp³-hybridized carbons (Fsp3) is 0.643. The number of nitrogens with two attached hydrogens (primary N) is 1. The molecular formula is C14H22N2O3S2. The van der Waals surface area contributed by atoms with Crippen LogP contribution >= 0.6 is 11.3 Å². The zero-order valence-corrected chi connectivity index (χ0v) is 14.2. The number of sulfone groups is 1. The van der Waals surface area contributed by atoms with Gasteiger partial charge in [0, 0.05) is 13.0 Å². The first-order valence-corrected chi connectivity index (χ1v) is 9.71. The third-order valence-corrected chi connectivity index (χ3v) is 6.98. The Kier molecular flexibility index (Phi) is 4.63.